The number of carboxylic acid groups (broad SMARTS) is 1. The smallest absolute Gasteiger partial charge is 0.550 e. The van der Waals surface area contributed by atoms with E-state index in [4.69, 9.17) is 4.74 Å². The molecule has 2 aliphatic rings. The molecule has 168 valence electrons. The third-order valence-electron chi connectivity index (χ3n) is 6.17. The number of hydrogen-bond donors (Lipinski definition) is 3. The first-order valence-corrected chi connectivity index (χ1v) is 10.6. The Labute approximate surface area is 206 Å². The molecule has 0 saturated heterocycles. The zero-order chi connectivity index (χ0) is 22.4. The van der Waals surface area contributed by atoms with Gasteiger partial charge in [0.25, 0.3) is 0 Å². The van der Waals surface area contributed by atoms with Crippen molar-refractivity contribution in [3.8, 4) is 0 Å². The van der Waals surface area contributed by atoms with Crippen molar-refractivity contribution in [2.75, 3.05) is 0 Å². The summed E-state index contributed by atoms with van der Waals surface area (Å²) in [4.78, 5) is 22.9. The third kappa shape index (κ3) is 8.15. The van der Waals surface area contributed by atoms with Crippen LogP contribution in [0.3, 0.4) is 0 Å². The fourth-order valence-corrected chi connectivity index (χ4v) is 4.43. The van der Waals surface area contributed by atoms with Gasteiger partial charge in [-0.15, -0.1) is 0 Å². The van der Waals surface area contributed by atoms with Gasteiger partial charge in [0, 0.05) is 30.3 Å². The van der Waals surface area contributed by atoms with Gasteiger partial charge in [-0.3, -0.25) is 0 Å². The van der Waals surface area contributed by atoms with E-state index in [9.17, 15) is 30.0 Å². The Morgan fingerprint density at radius 1 is 1.32 bits per heavy atom. The van der Waals surface area contributed by atoms with Crippen LogP contribution >= 0.6 is 0 Å². The van der Waals surface area contributed by atoms with Crippen LogP contribution < -0.4 is 34.7 Å². The number of carbonyl (C=O) groups excluding carboxylic acids is 2. The van der Waals surface area contributed by atoms with E-state index in [1.807, 2.05) is 6.08 Å². The molecule has 3 N–H and O–H groups in total. The molecule has 0 unspecified atom stereocenters. The van der Waals surface area contributed by atoms with Crippen LogP contribution in [-0.2, 0) is 14.3 Å². The van der Waals surface area contributed by atoms with Crippen LogP contribution in [0.2, 0.25) is 0 Å². The predicted octanol–water partition coefficient (Wildman–Crippen LogP) is -1.97. The second-order valence-corrected chi connectivity index (χ2v) is 8.49. The molecular formula is C23H33NaO7. The summed E-state index contributed by atoms with van der Waals surface area (Å²) in [5, 5.41) is 40.8. The van der Waals surface area contributed by atoms with Crippen molar-refractivity contribution in [3.63, 3.8) is 0 Å². The van der Waals surface area contributed by atoms with E-state index in [1.54, 1.807) is 26.0 Å². The molecule has 2 rings (SSSR count). The number of aliphatic hydroxyl groups is 3. The Hall–Kier alpha value is -0.960. The van der Waals surface area contributed by atoms with Crippen LogP contribution in [0.5, 0.6) is 0 Å². The van der Waals surface area contributed by atoms with Gasteiger partial charge in [-0.05, 0) is 50.5 Å². The van der Waals surface area contributed by atoms with E-state index in [2.05, 4.69) is 13.0 Å². The summed E-state index contributed by atoms with van der Waals surface area (Å²) in [6.45, 7) is 5.52. The predicted molar refractivity (Wildman–Crippen MR) is 109 cm³/mol. The van der Waals surface area contributed by atoms with Gasteiger partial charge in [-0.25, -0.2) is 4.79 Å². The molecule has 0 radical (unpaired) electrons. The van der Waals surface area contributed by atoms with Crippen molar-refractivity contribution in [1.29, 1.82) is 0 Å². The Kier molecular flexibility index (Phi) is 11.7. The first-order chi connectivity index (χ1) is 14.1. The van der Waals surface area contributed by atoms with Gasteiger partial charge in [0.1, 0.15) is 6.10 Å². The van der Waals surface area contributed by atoms with Crippen LogP contribution in [0.25, 0.3) is 0 Å². The number of allylic oxidation sites excluding steroid dienone is 3. The molecule has 0 bridgehead atoms. The van der Waals surface area contributed by atoms with E-state index >= 15 is 0 Å². The Balaban J connectivity index is 0.00000480. The number of hydrogen-bond acceptors (Lipinski definition) is 7. The topological polar surface area (TPSA) is 127 Å². The molecule has 31 heavy (non-hydrogen) atoms. The van der Waals surface area contributed by atoms with Crippen LogP contribution in [0.1, 0.15) is 52.9 Å². The summed E-state index contributed by atoms with van der Waals surface area (Å²) >= 11 is 0. The molecule has 0 aliphatic heterocycles. The summed E-state index contributed by atoms with van der Waals surface area (Å²) in [6.07, 6.45) is 5.14. The monoisotopic (exact) mass is 444 g/mol. The molecule has 0 aromatic heterocycles. The average Bonchev–Trinajstić information content (AvgIpc) is 2.65. The summed E-state index contributed by atoms with van der Waals surface area (Å²) in [7, 11) is 0. The van der Waals surface area contributed by atoms with Gasteiger partial charge < -0.3 is 30.0 Å². The first kappa shape index (κ1) is 28.1. The van der Waals surface area contributed by atoms with Crippen molar-refractivity contribution in [3.05, 3.63) is 35.5 Å². The van der Waals surface area contributed by atoms with E-state index in [1.165, 1.54) is 0 Å². The standard InChI is InChI=1S/C23H34O7.Na/c1-4-13(2)23(29)30-20-11-17(25)9-15-6-5-14(3)19(22(15)20)8-7-16(24)10-18(26)12-21(27)28;/h4-6,9,14,16-20,22,24-26H,7-8,10-12H2,1-3H3,(H,27,28);/q;+1/p-1/b13-4+;/t14-,16+,17+,18+,19-,20-,22-;/m0./s1. The maximum atomic E-state index is 12.4. The second kappa shape index (κ2) is 12.9. The number of aliphatic hydroxyl groups excluding tert-OH is 3. The minimum absolute atomic E-state index is 0. The Morgan fingerprint density at radius 3 is 2.61 bits per heavy atom. The van der Waals surface area contributed by atoms with Gasteiger partial charge >= 0.3 is 35.5 Å². The van der Waals surface area contributed by atoms with Crippen molar-refractivity contribution >= 4 is 11.9 Å². The molecule has 0 amide bonds. The molecule has 7 atom stereocenters. The zero-order valence-electron chi connectivity index (χ0n) is 18.9. The molecule has 0 saturated carbocycles. The molecule has 7 nitrogen and oxygen atoms in total. The van der Waals surface area contributed by atoms with E-state index in [0.717, 1.165) is 5.57 Å². The number of esters is 1. The zero-order valence-corrected chi connectivity index (χ0v) is 20.9. The summed E-state index contributed by atoms with van der Waals surface area (Å²) < 4.78 is 5.76. The van der Waals surface area contributed by atoms with Crippen LogP contribution in [0, 0.1) is 17.8 Å². The summed E-state index contributed by atoms with van der Waals surface area (Å²) in [5.74, 6) is -1.60. The van der Waals surface area contributed by atoms with E-state index in [-0.39, 0.29) is 53.7 Å². The van der Waals surface area contributed by atoms with E-state index in [0.29, 0.717) is 24.8 Å². The van der Waals surface area contributed by atoms with Crippen molar-refractivity contribution in [2.45, 2.75) is 77.3 Å². The Morgan fingerprint density at radius 2 is 2.00 bits per heavy atom. The molecule has 0 aromatic carbocycles. The van der Waals surface area contributed by atoms with Crippen molar-refractivity contribution in [2.24, 2.45) is 17.8 Å². The van der Waals surface area contributed by atoms with Gasteiger partial charge in [-0.1, -0.05) is 31.2 Å². The molecule has 0 fully saturated rings. The van der Waals surface area contributed by atoms with Crippen molar-refractivity contribution in [1.82, 2.24) is 0 Å². The maximum absolute atomic E-state index is 12.4. The van der Waals surface area contributed by atoms with Crippen LogP contribution in [0.15, 0.2) is 35.5 Å². The molecule has 0 aromatic rings. The minimum atomic E-state index is -1.35. The molecule has 0 heterocycles. The number of carbonyl (C=O) groups is 2. The molecular weight excluding hydrogens is 411 g/mol. The fraction of sp³-hybridized carbons (Fsp3) is 0.652. The number of rotatable bonds is 9. The van der Waals surface area contributed by atoms with E-state index < -0.39 is 42.8 Å². The first-order valence-electron chi connectivity index (χ1n) is 10.6. The summed E-state index contributed by atoms with van der Waals surface area (Å²) in [6, 6.07) is 0. The number of aliphatic carboxylic acids is 1. The fourth-order valence-electron chi connectivity index (χ4n) is 4.43. The summed E-state index contributed by atoms with van der Waals surface area (Å²) in [5.41, 5.74) is 1.44. The maximum Gasteiger partial charge on any atom is 1.00 e. The number of carboxylic acids is 1. The SMILES string of the molecule is C/C=C(\C)C(=O)O[C@H]1C[C@H](O)C=C2C=C[C@H](C)[C@H](CC[C@@H](O)C[C@@H](O)CC(=O)[O-])[C@H]21.[Na+]. The van der Waals surface area contributed by atoms with Crippen LogP contribution in [0.4, 0.5) is 0 Å². The molecule has 8 heteroatoms. The largest absolute Gasteiger partial charge is 1.00 e. The number of fused-ring (bicyclic) bond motifs is 1. The van der Waals surface area contributed by atoms with Gasteiger partial charge in [-0.2, -0.15) is 0 Å². The number of ether oxygens (including phenoxy) is 1. The second-order valence-electron chi connectivity index (χ2n) is 8.49. The van der Waals surface area contributed by atoms with Gasteiger partial charge in [0.05, 0.1) is 18.3 Å². The van der Waals surface area contributed by atoms with Crippen molar-refractivity contribution < 1.29 is 64.3 Å². The Bertz CT molecular complexity index is 715. The minimum Gasteiger partial charge on any atom is -0.550 e. The third-order valence-corrected chi connectivity index (χ3v) is 6.17. The average molecular weight is 445 g/mol. The van der Waals surface area contributed by atoms with Gasteiger partial charge in [0.2, 0.25) is 0 Å². The van der Waals surface area contributed by atoms with Gasteiger partial charge in [0.15, 0.2) is 0 Å². The van der Waals surface area contributed by atoms with Crippen LogP contribution in [-0.4, -0.2) is 51.7 Å². The quantitative estimate of drug-likeness (QED) is 0.214. The molecule has 0 spiro atoms. The normalized spacial score (nSPS) is 29.8. The molecule has 2 aliphatic carbocycles.